The molecule has 0 aliphatic rings. The van der Waals surface area contributed by atoms with Crippen LogP contribution in [0.2, 0.25) is 0 Å². The molecule has 0 unspecified atom stereocenters. The minimum absolute atomic E-state index is 0.0510. The first-order valence-electron chi connectivity index (χ1n) is 11.4. The summed E-state index contributed by atoms with van der Waals surface area (Å²) in [6.07, 6.45) is 0.724. The van der Waals surface area contributed by atoms with E-state index in [1.54, 1.807) is 12.1 Å². The molecular weight excluding hydrogens is 428 g/mol. The topological polar surface area (TPSA) is 71.8 Å². The van der Waals surface area contributed by atoms with Gasteiger partial charge in [-0.1, -0.05) is 55.5 Å². The van der Waals surface area contributed by atoms with Crippen LogP contribution in [0.15, 0.2) is 83.3 Å². The number of hydrogen-bond acceptors (Lipinski definition) is 4. The van der Waals surface area contributed by atoms with Gasteiger partial charge in [0.1, 0.15) is 24.7 Å². The molecule has 0 aliphatic heterocycles. The lowest BCUT2D eigenvalue weighted by atomic mass is 10.1. The third kappa shape index (κ3) is 5.64. The number of aryl methyl sites for hydroxylation is 1. The van der Waals surface area contributed by atoms with Crippen LogP contribution in [-0.4, -0.2) is 29.8 Å². The van der Waals surface area contributed by atoms with E-state index in [0.717, 1.165) is 34.2 Å². The third-order valence-corrected chi connectivity index (χ3v) is 5.51. The molecule has 2 amide bonds. The maximum absolute atomic E-state index is 13.0. The largest absolute Gasteiger partial charge is 0.486 e. The van der Waals surface area contributed by atoms with E-state index in [-0.39, 0.29) is 30.7 Å². The highest BCUT2D eigenvalue weighted by Gasteiger charge is 2.21. The van der Waals surface area contributed by atoms with Crippen molar-refractivity contribution in [1.82, 2.24) is 4.90 Å². The molecular formula is C28H28N2O4. The Labute approximate surface area is 199 Å². The molecule has 0 saturated carbocycles. The Bertz CT molecular complexity index is 1290. The van der Waals surface area contributed by atoms with Crippen molar-refractivity contribution in [1.29, 1.82) is 0 Å². The Balaban J connectivity index is 1.38. The predicted octanol–water partition coefficient (Wildman–Crippen LogP) is 5.81. The first-order valence-corrected chi connectivity index (χ1v) is 11.4. The molecule has 0 fully saturated rings. The molecule has 4 aromatic rings. The molecule has 1 aromatic heterocycles. The zero-order valence-corrected chi connectivity index (χ0v) is 19.4. The number of benzene rings is 3. The summed E-state index contributed by atoms with van der Waals surface area (Å²) in [6.45, 7) is 4.49. The summed E-state index contributed by atoms with van der Waals surface area (Å²) in [5.74, 6) is 0.885. The van der Waals surface area contributed by atoms with Crippen LogP contribution >= 0.6 is 0 Å². The van der Waals surface area contributed by atoms with Gasteiger partial charge in [0.25, 0.3) is 5.91 Å². The van der Waals surface area contributed by atoms with Gasteiger partial charge in [0.05, 0.1) is 0 Å². The van der Waals surface area contributed by atoms with E-state index in [4.69, 9.17) is 9.15 Å². The third-order valence-electron chi connectivity index (χ3n) is 5.51. The van der Waals surface area contributed by atoms with Crippen LogP contribution in [0.1, 0.15) is 35.2 Å². The number of ether oxygens (including phenoxy) is 1. The number of nitrogens with one attached hydrogen (secondary N) is 1. The fourth-order valence-corrected chi connectivity index (χ4v) is 3.74. The predicted molar refractivity (Wildman–Crippen MR) is 133 cm³/mol. The Morgan fingerprint density at radius 3 is 2.50 bits per heavy atom. The van der Waals surface area contributed by atoms with Gasteiger partial charge in [-0.2, -0.15) is 0 Å². The molecule has 0 spiro atoms. The van der Waals surface area contributed by atoms with Crippen molar-refractivity contribution in [2.75, 3.05) is 18.4 Å². The number of para-hydroxylation sites is 1. The molecule has 34 heavy (non-hydrogen) atoms. The maximum atomic E-state index is 13.0. The first kappa shape index (κ1) is 23.1. The summed E-state index contributed by atoms with van der Waals surface area (Å²) < 4.78 is 11.6. The quantitative estimate of drug-likeness (QED) is 0.345. The van der Waals surface area contributed by atoms with Gasteiger partial charge in [0.2, 0.25) is 5.91 Å². The molecule has 1 heterocycles. The van der Waals surface area contributed by atoms with E-state index in [2.05, 4.69) is 5.32 Å². The first-order chi connectivity index (χ1) is 16.5. The maximum Gasteiger partial charge on any atom is 0.290 e. The summed E-state index contributed by atoms with van der Waals surface area (Å²) in [5.41, 5.74) is 1.70. The second-order valence-corrected chi connectivity index (χ2v) is 8.15. The van der Waals surface area contributed by atoms with E-state index in [0.29, 0.717) is 12.3 Å². The number of nitrogens with zero attached hydrogens (tertiary/aromatic N) is 1. The van der Waals surface area contributed by atoms with Gasteiger partial charge in [0.15, 0.2) is 5.76 Å². The van der Waals surface area contributed by atoms with Crippen molar-refractivity contribution in [3.8, 4) is 5.75 Å². The highest BCUT2D eigenvalue weighted by Crippen LogP contribution is 2.22. The highest BCUT2D eigenvalue weighted by atomic mass is 16.5. The van der Waals surface area contributed by atoms with Gasteiger partial charge in [-0.3, -0.25) is 9.59 Å². The molecule has 1 N–H and O–H groups in total. The molecule has 0 radical (unpaired) electrons. The second-order valence-electron chi connectivity index (χ2n) is 8.15. The van der Waals surface area contributed by atoms with Crippen LogP contribution in [0.25, 0.3) is 10.8 Å². The monoisotopic (exact) mass is 456 g/mol. The van der Waals surface area contributed by atoms with Crippen LogP contribution in [0.3, 0.4) is 0 Å². The molecule has 4 rings (SSSR count). The molecule has 0 aliphatic carbocycles. The minimum Gasteiger partial charge on any atom is -0.486 e. The number of carbonyl (C=O) groups excluding carboxylic acids is 2. The lowest BCUT2D eigenvalue weighted by molar-refractivity contribution is -0.116. The van der Waals surface area contributed by atoms with Crippen molar-refractivity contribution >= 4 is 28.3 Å². The number of hydrogen-bond donors (Lipinski definition) is 1. The van der Waals surface area contributed by atoms with Gasteiger partial charge >= 0.3 is 0 Å². The van der Waals surface area contributed by atoms with E-state index < -0.39 is 0 Å². The number of carbonyl (C=O) groups is 2. The smallest absolute Gasteiger partial charge is 0.290 e. The van der Waals surface area contributed by atoms with Gasteiger partial charge in [-0.25, -0.2) is 0 Å². The van der Waals surface area contributed by atoms with E-state index >= 15 is 0 Å². The van der Waals surface area contributed by atoms with Crippen molar-refractivity contribution in [2.24, 2.45) is 0 Å². The van der Waals surface area contributed by atoms with Gasteiger partial charge in [-0.05, 0) is 60.0 Å². The molecule has 3 aromatic carbocycles. The van der Waals surface area contributed by atoms with Gasteiger partial charge in [0, 0.05) is 12.2 Å². The standard InChI is InChI=1S/C28H28N2O4/c1-3-16-30(18-27(31)29-25-11-7-4-8-20(25)2)28(32)26-15-14-24(34-26)19-33-23-13-12-21-9-5-6-10-22(21)17-23/h4-15,17H,3,16,18-19H2,1-2H3,(H,29,31). The number of amides is 2. The Kier molecular flexibility index (Phi) is 7.28. The van der Waals surface area contributed by atoms with E-state index in [1.165, 1.54) is 4.90 Å². The molecule has 6 heteroatoms. The summed E-state index contributed by atoms with van der Waals surface area (Å²) in [4.78, 5) is 27.1. The average Bonchev–Trinajstić information content (AvgIpc) is 3.32. The number of rotatable bonds is 9. The fraction of sp³-hybridized carbons (Fsp3) is 0.214. The Morgan fingerprint density at radius 2 is 1.71 bits per heavy atom. The van der Waals surface area contributed by atoms with Crippen molar-refractivity contribution < 1.29 is 18.7 Å². The summed E-state index contributed by atoms with van der Waals surface area (Å²) in [7, 11) is 0. The SMILES string of the molecule is CCCN(CC(=O)Nc1ccccc1C)C(=O)c1ccc(COc2ccc3ccccc3c2)o1. The van der Waals surface area contributed by atoms with Gasteiger partial charge in [-0.15, -0.1) is 0 Å². The van der Waals surface area contributed by atoms with Crippen LogP contribution in [0.4, 0.5) is 5.69 Å². The zero-order chi connectivity index (χ0) is 23.9. The number of furan rings is 1. The van der Waals surface area contributed by atoms with Crippen LogP contribution in [0, 0.1) is 6.92 Å². The van der Waals surface area contributed by atoms with Crippen molar-refractivity contribution in [2.45, 2.75) is 26.9 Å². The highest BCUT2D eigenvalue weighted by molar-refractivity contribution is 5.98. The summed E-state index contributed by atoms with van der Waals surface area (Å²) >= 11 is 0. The Hall–Kier alpha value is -4.06. The lowest BCUT2D eigenvalue weighted by Crippen LogP contribution is -2.38. The van der Waals surface area contributed by atoms with Crippen molar-refractivity contribution in [3.63, 3.8) is 0 Å². The van der Waals surface area contributed by atoms with E-state index in [1.807, 2.05) is 80.6 Å². The summed E-state index contributed by atoms with van der Waals surface area (Å²) in [6, 6.07) is 24.9. The van der Waals surface area contributed by atoms with Crippen LogP contribution in [0.5, 0.6) is 5.75 Å². The van der Waals surface area contributed by atoms with Crippen molar-refractivity contribution in [3.05, 3.63) is 95.9 Å². The molecule has 0 atom stereocenters. The molecule has 6 nitrogen and oxygen atoms in total. The fourth-order valence-electron chi connectivity index (χ4n) is 3.74. The molecule has 0 bridgehead atoms. The van der Waals surface area contributed by atoms with E-state index in [9.17, 15) is 9.59 Å². The second kappa shape index (κ2) is 10.7. The molecule has 174 valence electrons. The normalized spacial score (nSPS) is 10.8. The lowest BCUT2D eigenvalue weighted by Gasteiger charge is -2.20. The molecule has 0 saturated heterocycles. The zero-order valence-electron chi connectivity index (χ0n) is 19.4. The number of fused-ring (bicyclic) bond motifs is 1. The average molecular weight is 457 g/mol. The van der Waals surface area contributed by atoms with Gasteiger partial charge < -0.3 is 19.4 Å². The Morgan fingerprint density at radius 1 is 0.941 bits per heavy atom. The van der Waals surface area contributed by atoms with Crippen LogP contribution in [-0.2, 0) is 11.4 Å². The minimum atomic E-state index is -0.321. The summed E-state index contributed by atoms with van der Waals surface area (Å²) in [5, 5.41) is 5.11. The number of anilines is 1. The van der Waals surface area contributed by atoms with Crippen LogP contribution < -0.4 is 10.1 Å².